The topological polar surface area (TPSA) is 19.4 Å². The summed E-state index contributed by atoms with van der Waals surface area (Å²) in [6.07, 6.45) is 2.54. The van der Waals surface area contributed by atoms with Crippen LogP contribution in [0.5, 0.6) is 0 Å². The zero-order chi connectivity index (χ0) is 12.4. The average Bonchev–Trinajstić information content (AvgIpc) is 2.32. The van der Waals surface area contributed by atoms with Crippen LogP contribution in [0.1, 0.15) is 18.5 Å². The molecule has 0 aliphatic carbocycles. The maximum atomic E-state index is 4.63. The third-order valence-electron chi connectivity index (χ3n) is 3.52. The molecule has 1 fully saturated rings. The van der Waals surface area contributed by atoms with Gasteiger partial charge in [-0.3, -0.25) is 0 Å². The number of rotatable bonds is 2. The van der Waals surface area contributed by atoms with E-state index in [9.17, 15) is 0 Å². The van der Waals surface area contributed by atoms with E-state index in [0.717, 1.165) is 22.5 Å². The third kappa shape index (κ3) is 2.99. The van der Waals surface area contributed by atoms with Crippen LogP contribution in [0.4, 0.5) is 5.82 Å². The van der Waals surface area contributed by atoms with E-state index >= 15 is 0 Å². The van der Waals surface area contributed by atoms with E-state index in [1.54, 1.807) is 0 Å². The highest BCUT2D eigenvalue weighted by atomic mass is 79.9. The lowest BCUT2D eigenvalue weighted by Gasteiger charge is -2.36. The highest BCUT2D eigenvalue weighted by molar-refractivity contribution is 9.10. The minimum atomic E-state index is 0.585. The quantitative estimate of drug-likeness (QED) is 0.837. The van der Waals surface area contributed by atoms with Crippen molar-refractivity contribution in [1.29, 1.82) is 0 Å². The van der Waals surface area contributed by atoms with Crippen molar-refractivity contribution in [2.75, 3.05) is 32.1 Å². The van der Waals surface area contributed by atoms with Gasteiger partial charge < -0.3 is 9.80 Å². The van der Waals surface area contributed by atoms with Gasteiger partial charge >= 0.3 is 0 Å². The number of likely N-dealkylation sites (tertiary alicyclic amines) is 1. The van der Waals surface area contributed by atoms with Crippen LogP contribution < -0.4 is 4.90 Å². The minimum Gasteiger partial charge on any atom is -0.355 e. The Morgan fingerprint density at radius 2 is 2.24 bits per heavy atom. The van der Waals surface area contributed by atoms with E-state index in [4.69, 9.17) is 0 Å². The highest BCUT2D eigenvalue weighted by Crippen LogP contribution is 2.22. The molecule has 1 aliphatic heterocycles. The number of halogens is 1. The van der Waals surface area contributed by atoms with E-state index in [2.05, 4.69) is 56.9 Å². The predicted octanol–water partition coefficient (Wildman–Crippen LogP) is 2.68. The molecule has 2 heterocycles. The molecule has 17 heavy (non-hydrogen) atoms. The van der Waals surface area contributed by atoms with Gasteiger partial charge in [0.1, 0.15) is 5.82 Å². The molecule has 0 N–H and O–H groups in total. The molecule has 4 heteroatoms. The first-order valence-corrected chi connectivity index (χ1v) is 6.92. The summed E-state index contributed by atoms with van der Waals surface area (Å²) in [5.74, 6) is 1.08. The molecule has 2 rings (SSSR count). The lowest BCUT2D eigenvalue weighted by atomic mass is 10.1. The number of hydrogen-bond donors (Lipinski definition) is 0. The lowest BCUT2D eigenvalue weighted by molar-refractivity contribution is 0.247. The van der Waals surface area contributed by atoms with Crippen LogP contribution in [0.2, 0.25) is 0 Å². The van der Waals surface area contributed by atoms with Gasteiger partial charge in [0, 0.05) is 24.1 Å². The van der Waals surface area contributed by atoms with E-state index in [1.807, 2.05) is 6.92 Å². The molecule has 0 bridgehead atoms. The third-order valence-corrected chi connectivity index (χ3v) is 4.35. The van der Waals surface area contributed by atoms with Gasteiger partial charge in [0.2, 0.25) is 0 Å². The Morgan fingerprint density at radius 1 is 1.47 bits per heavy atom. The van der Waals surface area contributed by atoms with E-state index in [-0.39, 0.29) is 0 Å². The number of nitrogens with zero attached hydrogens (tertiary/aromatic N) is 3. The van der Waals surface area contributed by atoms with Crippen molar-refractivity contribution in [2.24, 2.45) is 0 Å². The summed E-state index contributed by atoms with van der Waals surface area (Å²) in [6, 6.07) is 4.76. The molecular formula is C13H20BrN3. The summed E-state index contributed by atoms with van der Waals surface area (Å²) in [4.78, 5) is 9.35. The second kappa shape index (κ2) is 5.36. The average molecular weight is 298 g/mol. The summed E-state index contributed by atoms with van der Waals surface area (Å²) in [5, 5.41) is 0. The fourth-order valence-electron chi connectivity index (χ4n) is 2.37. The van der Waals surface area contributed by atoms with E-state index < -0.39 is 0 Å². The Bertz CT molecular complexity index is 394. The molecule has 1 saturated heterocycles. The van der Waals surface area contributed by atoms with Crippen LogP contribution in [-0.4, -0.2) is 43.1 Å². The van der Waals surface area contributed by atoms with Gasteiger partial charge in [-0.25, -0.2) is 4.98 Å². The number of aromatic nitrogens is 1. The first kappa shape index (κ1) is 12.8. The molecule has 0 radical (unpaired) electrons. The van der Waals surface area contributed by atoms with Gasteiger partial charge in [0.05, 0.1) is 5.69 Å². The molecule has 0 spiro atoms. The number of aryl methyl sites for hydroxylation is 1. The van der Waals surface area contributed by atoms with Crippen molar-refractivity contribution in [3.8, 4) is 0 Å². The molecule has 94 valence electrons. The van der Waals surface area contributed by atoms with Crippen LogP contribution in [0.15, 0.2) is 16.6 Å². The standard InChI is InChI=1S/C13H20BrN3/c1-10-12(14)6-7-13(15-10)17(3)11-5-4-8-16(2)9-11/h6-7,11H,4-5,8-9H2,1-3H3. The summed E-state index contributed by atoms with van der Waals surface area (Å²) in [7, 11) is 4.35. The molecule has 3 nitrogen and oxygen atoms in total. The van der Waals surface area contributed by atoms with Gasteiger partial charge in [-0.05, 0) is 61.4 Å². The van der Waals surface area contributed by atoms with Gasteiger partial charge in [-0.1, -0.05) is 0 Å². The Hall–Kier alpha value is -0.610. The van der Waals surface area contributed by atoms with E-state index in [0.29, 0.717) is 6.04 Å². The number of likely N-dealkylation sites (N-methyl/N-ethyl adjacent to an activating group) is 2. The Morgan fingerprint density at radius 3 is 2.88 bits per heavy atom. The summed E-state index contributed by atoms with van der Waals surface area (Å²) < 4.78 is 1.08. The van der Waals surface area contributed by atoms with E-state index in [1.165, 1.54) is 19.4 Å². The van der Waals surface area contributed by atoms with Crippen LogP contribution in [0.3, 0.4) is 0 Å². The Kier molecular flexibility index (Phi) is 4.05. The van der Waals surface area contributed by atoms with Crippen LogP contribution in [0.25, 0.3) is 0 Å². The fraction of sp³-hybridized carbons (Fsp3) is 0.615. The molecular weight excluding hydrogens is 278 g/mol. The van der Waals surface area contributed by atoms with Crippen molar-refractivity contribution in [1.82, 2.24) is 9.88 Å². The van der Waals surface area contributed by atoms with Crippen molar-refractivity contribution in [3.05, 3.63) is 22.3 Å². The van der Waals surface area contributed by atoms with Crippen molar-refractivity contribution >= 4 is 21.7 Å². The fourth-order valence-corrected chi connectivity index (χ4v) is 2.59. The second-order valence-corrected chi connectivity index (χ2v) is 5.76. The Labute approximate surface area is 112 Å². The second-order valence-electron chi connectivity index (χ2n) is 4.91. The van der Waals surface area contributed by atoms with Crippen molar-refractivity contribution in [3.63, 3.8) is 0 Å². The molecule has 0 aromatic carbocycles. The monoisotopic (exact) mass is 297 g/mol. The lowest BCUT2D eigenvalue weighted by Crippen LogP contribution is -2.45. The summed E-state index contributed by atoms with van der Waals surface area (Å²) in [6.45, 7) is 4.39. The maximum Gasteiger partial charge on any atom is 0.128 e. The van der Waals surface area contributed by atoms with Gasteiger partial charge in [0.15, 0.2) is 0 Å². The zero-order valence-electron chi connectivity index (χ0n) is 10.8. The predicted molar refractivity (Wildman–Crippen MR) is 75.6 cm³/mol. The maximum absolute atomic E-state index is 4.63. The van der Waals surface area contributed by atoms with Crippen LogP contribution >= 0.6 is 15.9 Å². The molecule has 0 saturated carbocycles. The van der Waals surface area contributed by atoms with Crippen molar-refractivity contribution in [2.45, 2.75) is 25.8 Å². The molecule has 1 aliphatic rings. The number of pyridine rings is 1. The number of piperidine rings is 1. The van der Waals surface area contributed by atoms with Gasteiger partial charge in [-0.2, -0.15) is 0 Å². The van der Waals surface area contributed by atoms with Gasteiger partial charge in [0.25, 0.3) is 0 Å². The summed E-state index contributed by atoms with van der Waals surface area (Å²) >= 11 is 3.49. The first-order chi connectivity index (χ1) is 8.08. The molecule has 1 aromatic rings. The molecule has 0 amide bonds. The molecule has 1 aromatic heterocycles. The summed E-state index contributed by atoms with van der Waals surface area (Å²) in [5.41, 5.74) is 1.05. The largest absolute Gasteiger partial charge is 0.355 e. The van der Waals surface area contributed by atoms with Crippen LogP contribution in [-0.2, 0) is 0 Å². The number of anilines is 1. The Balaban J connectivity index is 2.12. The minimum absolute atomic E-state index is 0.585. The smallest absolute Gasteiger partial charge is 0.128 e. The first-order valence-electron chi connectivity index (χ1n) is 6.12. The molecule has 1 unspecified atom stereocenters. The SMILES string of the molecule is Cc1nc(N(C)C2CCCN(C)C2)ccc1Br. The normalized spacial score (nSPS) is 21.5. The van der Waals surface area contributed by atoms with Crippen LogP contribution in [0, 0.1) is 6.92 Å². The molecule has 1 atom stereocenters. The highest BCUT2D eigenvalue weighted by Gasteiger charge is 2.22. The van der Waals surface area contributed by atoms with Gasteiger partial charge in [-0.15, -0.1) is 0 Å². The number of hydrogen-bond acceptors (Lipinski definition) is 3. The van der Waals surface area contributed by atoms with Crippen molar-refractivity contribution < 1.29 is 0 Å². The zero-order valence-corrected chi connectivity index (χ0v) is 12.4.